The molecule has 3 atom stereocenters. The number of likely N-dealkylation sites (N-methyl/N-ethyl adjacent to an activating group) is 1. The lowest BCUT2D eigenvalue weighted by Gasteiger charge is -2.24. The molecule has 136 valence electrons. The van der Waals surface area contributed by atoms with Crippen LogP contribution in [0.1, 0.15) is 33.3 Å². The molecule has 0 fully saturated rings. The molecule has 24 heavy (non-hydrogen) atoms. The van der Waals surface area contributed by atoms with E-state index in [1.807, 2.05) is 26.8 Å². The first-order valence-electron chi connectivity index (χ1n) is 8.43. The van der Waals surface area contributed by atoms with Crippen LogP contribution in [-0.4, -0.2) is 43.0 Å². The molecule has 0 bridgehead atoms. The van der Waals surface area contributed by atoms with Gasteiger partial charge in [-0.3, -0.25) is 9.59 Å². The Bertz CT molecular complexity index is 502. The quantitative estimate of drug-likeness (QED) is 0.494. The van der Waals surface area contributed by atoms with Crippen molar-refractivity contribution in [3.8, 4) is 0 Å². The lowest BCUT2D eigenvalue weighted by Crippen LogP contribution is -2.55. The summed E-state index contributed by atoms with van der Waals surface area (Å²) in [6.07, 6.45) is 3.94. The van der Waals surface area contributed by atoms with E-state index in [1.54, 1.807) is 19.5 Å². The van der Waals surface area contributed by atoms with Crippen molar-refractivity contribution < 1.29 is 14.0 Å². The number of furan rings is 1. The predicted molar refractivity (Wildman–Crippen MR) is 93.3 cm³/mol. The summed E-state index contributed by atoms with van der Waals surface area (Å²) in [7, 11) is 0. The van der Waals surface area contributed by atoms with Gasteiger partial charge in [0.15, 0.2) is 0 Å². The Balaban J connectivity index is 2.43. The normalized spacial score (nSPS) is 14.9. The fourth-order valence-corrected chi connectivity index (χ4v) is 2.30. The number of nitrogens with one attached hydrogen (secondary N) is 3. The molecule has 0 unspecified atom stereocenters. The van der Waals surface area contributed by atoms with Gasteiger partial charge in [0.25, 0.3) is 0 Å². The zero-order chi connectivity index (χ0) is 18.1. The van der Waals surface area contributed by atoms with Gasteiger partial charge in [0.05, 0.1) is 18.6 Å². The molecular formula is C17H30N4O3. The largest absolute Gasteiger partial charge is 0.472 e. The molecular weight excluding hydrogens is 308 g/mol. The third-order valence-electron chi connectivity index (χ3n) is 3.76. The first kappa shape index (κ1) is 20.2. The van der Waals surface area contributed by atoms with Gasteiger partial charge in [-0.05, 0) is 37.8 Å². The summed E-state index contributed by atoms with van der Waals surface area (Å²) in [4.78, 5) is 24.3. The monoisotopic (exact) mass is 338 g/mol. The van der Waals surface area contributed by atoms with Crippen LogP contribution in [-0.2, 0) is 16.0 Å². The fraction of sp³-hybridized carbons (Fsp3) is 0.647. The topological polar surface area (TPSA) is 109 Å². The van der Waals surface area contributed by atoms with E-state index in [0.29, 0.717) is 19.5 Å². The SMILES string of the molecule is CCNC(=O)[C@@H](NC(=O)[C@H](C)NC[C@@H](N)Cc1ccoc1)C(C)C. The molecule has 0 aromatic carbocycles. The van der Waals surface area contributed by atoms with Gasteiger partial charge in [-0.25, -0.2) is 0 Å². The van der Waals surface area contributed by atoms with E-state index in [0.717, 1.165) is 5.56 Å². The van der Waals surface area contributed by atoms with Gasteiger partial charge in [0.1, 0.15) is 6.04 Å². The number of hydrogen-bond acceptors (Lipinski definition) is 5. The van der Waals surface area contributed by atoms with Gasteiger partial charge in [-0.15, -0.1) is 0 Å². The molecule has 1 aromatic rings. The second kappa shape index (κ2) is 10.1. The molecule has 0 saturated heterocycles. The van der Waals surface area contributed by atoms with E-state index in [4.69, 9.17) is 10.2 Å². The minimum Gasteiger partial charge on any atom is -0.472 e. The van der Waals surface area contributed by atoms with Gasteiger partial charge in [0.2, 0.25) is 11.8 Å². The maximum absolute atomic E-state index is 12.3. The maximum atomic E-state index is 12.3. The summed E-state index contributed by atoms with van der Waals surface area (Å²) in [5, 5.41) is 8.65. The highest BCUT2D eigenvalue weighted by molar-refractivity contribution is 5.89. The molecule has 0 saturated carbocycles. The Labute approximate surface area is 143 Å². The standard InChI is InChI=1S/C17H30N4O3/c1-5-19-17(23)15(11(2)3)21-16(22)12(4)20-9-14(18)8-13-6-7-24-10-13/h6-7,10-12,14-15,20H,5,8-9,18H2,1-4H3,(H,19,23)(H,21,22)/t12-,14-,15-/m0/s1. The van der Waals surface area contributed by atoms with E-state index < -0.39 is 12.1 Å². The Morgan fingerprint density at radius 3 is 2.50 bits per heavy atom. The summed E-state index contributed by atoms with van der Waals surface area (Å²) >= 11 is 0. The van der Waals surface area contributed by atoms with Crippen molar-refractivity contribution in [2.75, 3.05) is 13.1 Å². The predicted octanol–water partition coefficient (Wildman–Crippen LogP) is 0.404. The van der Waals surface area contributed by atoms with Crippen molar-refractivity contribution in [1.82, 2.24) is 16.0 Å². The lowest BCUT2D eigenvalue weighted by atomic mass is 10.0. The minimum absolute atomic E-state index is 0.0102. The number of carbonyl (C=O) groups excluding carboxylic acids is 2. The number of rotatable bonds is 10. The van der Waals surface area contributed by atoms with Crippen LogP contribution >= 0.6 is 0 Å². The Hall–Kier alpha value is -1.86. The zero-order valence-electron chi connectivity index (χ0n) is 15.0. The van der Waals surface area contributed by atoms with Crippen LogP contribution in [0.15, 0.2) is 23.0 Å². The fourth-order valence-electron chi connectivity index (χ4n) is 2.30. The molecule has 1 heterocycles. The highest BCUT2D eigenvalue weighted by atomic mass is 16.3. The van der Waals surface area contributed by atoms with Crippen molar-refractivity contribution in [2.45, 2.75) is 52.2 Å². The second-order valence-electron chi connectivity index (χ2n) is 6.35. The highest BCUT2D eigenvalue weighted by Gasteiger charge is 2.25. The second-order valence-corrected chi connectivity index (χ2v) is 6.35. The van der Waals surface area contributed by atoms with Crippen molar-refractivity contribution in [1.29, 1.82) is 0 Å². The average Bonchev–Trinajstić information content (AvgIpc) is 3.02. The third kappa shape index (κ3) is 6.72. The first-order valence-corrected chi connectivity index (χ1v) is 8.43. The smallest absolute Gasteiger partial charge is 0.242 e. The molecule has 0 aliphatic carbocycles. The van der Waals surface area contributed by atoms with E-state index in [9.17, 15) is 9.59 Å². The molecule has 0 aliphatic rings. The van der Waals surface area contributed by atoms with Gasteiger partial charge in [0, 0.05) is 19.1 Å². The molecule has 1 rings (SSSR count). The molecule has 0 aliphatic heterocycles. The van der Waals surface area contributed by atoms with E-state index in [1.165, 1.54) is 0 Å². The van der Waals surface area contributed by atoms with Crippen LogP contribution < -0.4 is 21.7 Å². The summed E-state index contributed by atoms with van der Waals surface area (Å²) in [6, 6.07) is 0.773. The number of amides is 2. The van der Waals surface area contributed by atoms with Crippen LogP contribution in [0.3, 0.4) is 0 Å². The van der Waals surface area contributed by atoms with E-state index in [-0.39, 0.29) is 23.8 Å². The molecule has 7 heteroatoms. The molecule has 0 radical (unpaired) electrons. The van der Waals surface area contributed by atoms with Gasteiger partial charge in [-0.2, -0.15) is 0 Å². The van der Waals surface area contributed by atoms with Crippen molar-refractivity contribution in [3.05, 3.63) is 24.2 Å². The zero-order valence-corrected chi connectivity index (χ0v) is 15.0. The molecule has 1 aromatic heterocycles. The van der Waals surface area contributed by atoms with Crippen LogP contribution in [0.2, 0.25) is 0 Å². The van der Waals surface area contributed by atoms with Crippen LogP contribution in [0, 0.1) is 5.92 Å². The third-order valence-corrected chi connectivity index (χ3v) is 3.76. The van der Waals surface area contributed by atoms with Crippen molar-refractivity contribution in [3.63, 3.8) is 0 Å². The van der Waals surface area contributed by atoms with E-state index >= 15 is 0 Å². The Morgan fingerprint density at radius 1 is 1.25 bits per heavy atom. The van der Waals surface area contributed by atoms with Gasteiger partial charge >= 0.3 is 0 Å². The molecule has 7 nitrogen and oxygen atoms in total. The van der Waals surface area contributed by atoms with Gasteiger partial charge in [-0.1, -0.05) is 13.8 Å². The highest BCUT2D eigenvalue weighted by Crippen LogP contribution is 2.04. The Kier molecular flexibility index (Phi) is 8.49. The maximum Gasteiger partial charge on any atom is 0.242 e. The molecule has 2 amide bonds. The Morgan fingerprint density at radius 2 is 1.96 bits per heavy atom. The summed E-state index contributed by atoms with van der Waals surface area (Å²) in [6.45, 7) is 8.44. The summed E-state index contributed by atoms with van der Waals surface area (Å²) < 4.78 is 5.01. The lowest BCUT2D eigenvalue weighted by molar-refractivity contribution is -0.130. The van der Waals surface area contributed by atoms with Crippen LogP contribution in [0.5, 0.6) is 0 Å². The number of hydrogen-bond donors (Lipinski definition) is 4. The average molecular weight is 338 g/mol. The van der Waals surface area contributed by atoms with Gasteiger partial charge < -0.3 is 26.1 Å². The first-order chi connectivity index (χ1) is 11.3. The molecule has 0 spiro atoms. The van der Waals surface area contributed by atoms with Crippen molar-refractivity contribution in [2.24, 2.45) is 11.7 Å². The van der Waals surface area contributed by atoms with Crippen LogP contribution in [0.4, 0.5) is 0 Å². The van der Waals surface area contributed by atoms with E-state index in [2.05, 4.69) is 16.0 Å². The van der Waals surface area contributed by atoms with Crippen molar-refractivity contribution >= 4 is 11.8 Å². The number of carbonyl (C=O) groups is 2. The summed E-state index contributed by atoms with van der Waals surface area (Å²) in [5.74, 6) is -0.365. The summed E-state index contributed by atoms with van der Waals surface area (Å²) in [5.41, 5.74) is 7.08. The van der Waals surface area contributed by atoms with Crippen LogP contribution in [0.25, 0.3) is 0 Å². The number of nitrogens with two attached hydrogens (primary N) is 1. The molecule has 5 N–H and O–H groups in total. The minimum atomic E-state index is -0.540.